The van der Waals surface area contributed by atoms with E-state index in [2.05, 4.69) is 5.32 Å². The minimum absolute atomic E-state index is 0.0777. The van der Waals surface area contributed by atoms with Gasteiger partial charge in [0.1, 0.15) is 23.2 Å². The lowest BCUT2D eigenvalue weighted by Crippen LogP contribution is -2.13. The fraction of sp³-hybridized carbons (Fsp3) is 0. The number of amides is 1. The van der Waals surface area contributed by atoms with E-state index in [9.17, 15) is 10.1 Å². The number of rotatable bonds is 4. The van der Waals surface area contributed by atoms with Crippen LogP contribution in [0.1, 0.15) is 5.76 Å². The Morgan fingerprint density at radius 3 is 2.60 bits per heavy atom. The molecule has 3 aromatic carbocycles. The Bertz CT molecular complexity index is 1330. The summed E-state index contributed by atoms with van der Waals surface area (Å²) in [5.41, 5.74) is 1.22. The van der Waals surface area contributed by atoms with Gasteiger partial charge in [-0.25, -0.2) is 0 Å². The molecule has 4 nitrogen and oxygen atoms in total. The van der Waals surface area contributed by atoms with Gasteiger partial charge in [-0.3, -0.25) is 4.79 Å². The highest BCUT2D eigenvalue weighted by molar-refractivity contribution is 6.36. The van der Waals surface area contributed by atoms with E-state index in [4.69, 9.17) is 27.6 Å². The van der Waals surface area contributed by atoms with Crippen LogP contribution in [0.5, 0.6) is 0 Å². The molecule has 0 aliphatic carbocycles. The Hall–Kier alpha value is -3.52. The van der Waals surface area contributed by atoms with Crippen LogP contribution < -0.4 is 5.32 Å². The number of nitriles is 1. The van der Waals surface area contributed by atoms with Crippen molar-refractivity contribution in [3.05, 3.63) is 94.2 Å². The number of fused-ring (bicyclic) bond motifs is 1. The molecule has 0 aliphatic rings. The van der Waals surface area contributed by atoms with E-state index in [-0.39, 0.29) is 5.57 Å². The molecule has 0 spiro atoms. The number of hydrogen-bond donors (Lipinski definition) is 1. The number of carbonyl (C=O) groups excluding carboxylic acids is 1. The molecule has 0 saturated heterocycles. The average molecular weight is 433 g/mol. The number of halogens is 2. The second kappa shape index (κ2) is 8.46. The van der Waals surface area contributed by atoms with Crippen molar-refractivity contribution in [3.8, 4) is 17.4 Å². The lowest BCUT2D eigenvalue weighted by molar-refractivity contribution is -0.112. The van der Waals surface area contributed by atoms with Crippen LogP contribution in [0.4, 0.5) is 5.69 Å². The first-order valence-corrected chi connectivity index (χ1v) is 9.77. The third-order valence-corrected chi connectivity index (χ3v) is 5.06. The zero-order valence-corrected chi connectivity index (χ0v) is 17.0. The standard InChI is InChI=1S/C24H14Cl2N2O2/c25-17-8-10-20(21(26)13-17)23-11-9-18(30-23)12-16(14-27)24(29)28-22-7-3-5-15-4-1-2-6-19(15)22/h1-13H,(H,28,29)/b16-12+. The maximum Gasteiger partial charge on any atom is 0.266 e. The molecular weight excluding hydrogens is 419 g/mol. The van der Waals surface area contributed by atoms with Gasteiger partial charge in [0, 0.05) is 27.7 Å². The van der Waals surface area contributed by atoms with Crippen molar-refractivity contribution in [3.63, 3.8) is 0 Å². The SMILES string of the molecule is N#C/C(=C\c1ccc(-c2ccc(Cl)cc2Cl)o1)C(=O)Nc1cccc2ccccc12. The summed E-state index contributed by atoms with van der Waals surface area (Å²) in [5, 5.41) is 15.1. The second-order valence-corrected chi connectivity index (χ2v) is 7.32. The first-order chi connectivity index (χ1) is 14.5. The average Bonchev–Trinajstić information content (AvgIpc) is 3.20. The maximum atomic E-state index is 12.7. The van der Waals surface area contributed by atoms with Gasteiger partial charge in [-0.2, -0.15) is 5.26 Å². The van der Waals surface area contributed by atoms with Gasteiger partial charge >= 0.3 is 0 Å². The Morgan fingerprint density at radius 2 is 1.80 bits per heavy atom. The van der Waals surface area contributed by atoms with E-state index >= 15 is 0 Å². The molecule has 0 saturated carbocycles. The molecule has 1 amide bonds. The molecule has 0 unspecified atom stereocenters. The van der Waals surface area contributed by atoms with Crippen LogP contribution in [-0.2, 0) is 4.79 Å². The van der Waals surface area contributed by atoms with E-state index in [0.29, 0.717) is 32.8 Å². The fourth-order valence-corrected chi connectivity index (χ4v) is 3.58. The molecule has 0 radical (unpaired) electrons. The van der Waals surface area contributed by atoms with E-state index < -0.39 is 5.91 Å². The Labute approximate surface area is 183 Å². The Morgan fingerprint density at radius 1 is 1.00 bits per heavy atom. The molecule has 0 bridgehead atoms. The van der Waals surface area contributed by atoms with Crippen molar-refractivity contribution >= 4 is 51.6 Å². The second-order valence-electron chi connectivity index (χ2n) is 6.48. The van der Waals surface area contributed by atoms with Crippen LogP contribution in [0.2, 0.25) is 10.0 Å². The highest BCUT2D eigenvalue weighted by atomic mass is 35.5. The summed E-state index contributed by atoms with van der Waals surface area (Å²) in [6.45, 7) is 0. The molecule has 1 heterocycles. The third-order valence-electron chi connectivity index (χ3n) is 4.51. The minimum Gasteiger partial charge on any atom is -0.457 e. The van der Waals surface area contributed by atoms with Gasteiger partial charge in [-0.15, -0.1) is 0 Å². The van der Waals surface area contributed by atoms with Gasteiger partial charge < -0.3 is 9.73 Å². The summed E-state index contributed by atoms with van der Waals surface area (Å²) < 4.78 is 5.76. The molecule has 0 fully saturated rings. The zero-order chi connectivity index (χ0) is 21.1. The van der Waals surface area contributed by atoms with Crippen LogP contribution in [-0.4, -0.2) is 5.91 Å². The van der Waals surface area contributed by atoms with Gasteiger partial charge in [-0.05, 0) is 41.8 Å². The largest absolute Gasteiger partial charge is 0.457 e. The smallest absolute Gasteiger partial charge is 0.266 e. The van der Waals surface area contributed by atoms with Gasteiger partial charge in [0.05, 0.1) is 5.02 Å². The van der Waals surface area contributed by atoms with Crippen LogP contribution >= 0.6 is 23.2 Å². The van der Waals surface area contributed by atoms with Gasteiger partial charge in [0.2, 0.25) is 0 Å². The summed E-state index contributed by atoms with van der Waals surface area (Å²) in [6, 6.07) is 23.7. The predicted molar refractivity (Wildman–Crippen MR) is 120 cm³/mol. The van der Waals surface area contributed by atoms with Crippen LogP contribution in [0.15, 0.2) is 82.8 Å². The minimum atomic E-state index is -0.517. The molecule has 0 aliphatic heterocycles. The highest BCUT2D eigenvalue weighted by Crippen LogP contribution is 2.32. The van der Waals surface area contributed by atoms with Crippen LogP contribution in [0, 0.1) is 11.3 Å². The summed E-state index contributed by atoms with van der Waals surface area (Å²) in [5.74, 6) is 0.353. The number of hydrogen-bond acceptors (Lipinski definition) is 3. The quantitative estimate of drug-likeness (QED) is 0.280. The molecule has 1 N–H and O–H groups in total. The van der Waals surface area contributed by atoms with Crippen molar-refractivity contribution in [2.75, 3.05) is 5.32 Å². The van der Waals surface area contributed by atoms with Crippen molar-refractivity contribution in [1.29, 1.82) is 5.26 Å². The molecule has 146 valence electrons. The number of carbonyl (C=O) groups is 1. The van der Waals surface area contributed by atoms with Gasteiger partial charge in [-0.1, -0.05) is 59.6 Å². The third kappa shape index (κ3) is 4.08. The highest BCUT2D eigenvalue weighted by Gasteiger charge is 2.14. The molecule has 4 aromatic rings. The molecule has 1 aromatic heterocycles. The first-order valence-electron chi connectivity index (χ1n) is 9.01. The van der Waals surface area contributed by atoms with Crippen molar-refractivity contribution in [2.24, 2.45) is 0 Å². The summed E-state index contributed by atoms with van der Waals surface area (Å²) in [7, 11) is 0. The molecule has 0 atom stereocenters. The van der Waals surface area contributed by atoms with E-state index in [0.717, 1.165) is 10.8 Å². The van der Waals surface area contributed by atoms with E-state index in [1.807, 2.05) is 42.5 Å². The van der Waals surface area contributed by atoms with Crippen molar-refractivity contribution < 1.29 is 9.21 Å². The monoisotopic (exact) mass is 432 g/mol. The number of benzene rings is 3. The summed E-state index contributed by atoms with van der Waals surface area (Å²) in [4.78, 5) is 12.7. The van der Waals surface area contributed by atoms with Crippen LogP contribution in [0.3, 0.4) is 0 Å². The van der Waals surface area contributed by atoms with Gasteiger partial charge in [0.25, 0.3) is 5.91 Å². The molecule has 30 heavy (non-hydrogen) atoms. The first kappa shape index (κ1) is 19.8. The van der Waals surface area contributed by atoms with E-state index in [1.165, 1.54) is 6.08 Å². The van der Waals surface area contributed by atoms with Crippen molar-refractivity contribution in [2.45, 2.75) is 0 Å². The molecular formula is C24H14Cl2N2O2. The topological polar surface area (TPSA) is 66.0 Å². The Kier molecular flexibility index (Phi) is 5.58. The predicted octanol–water partition coefficient (Wildman–Crippen LogP) is 6.95. The van der Waals surface area contributed by atoms with Gasteiger partial charge in [0.15, 0.2) is 0 Å². The molecule has 4 rings (SSSR count). The lowest BCUT2D eigenvalue weighted by Gasteiger charge is -2.08. The fourth-order valence-electron chi connectivity index (χ4n) is 3.08. The number of anilines is 1. The van der Waals surface area contributed by atoms with Crippen LogP contribution in [0.25, 0.3) is 28.2 Å². The summed E-state index contributed by atoms with van der Waals surface area (Å²) in [6.07, 6.45) is 1.40. The van der Waals surface area contributed by atoms with Crippen molar-refractivity contribution in [1.82, 2.24) is 0 Å². The molecule has 6 heteroatoms. The number of nitrogens with one attached hydrogen (secondary N) is 1. The Balaban J connectivity index is 1.60. The normalized spacial score (nSPS) is 11.3. The lowest BCUT2D eigenvalue weighted by atomic mass is 10.1. The summed E-state index contributed by atoms with van der Waals surface area (Å²) >= 11 is 12.1. The van der Waals surface area contributed by atoms with E-state index in [1.54, 1.807) is 36.4 Å². The zero-order valence-electron chi connectivity index (χ0n) is 15.5. The number of furan rings is 1. The number of nitrogens with zero attached hydrogens (tertiary/aromatic N) is 1. The maximum absolute atomic E-state index is 12.7.